The third kappa shape index (κ3) is 3.85. The standard InChI is InChI=1S/C15H22N2O4S/c1-12-3-4-14(11-13(12)2)22(20,21)17-9-7-16(8-10-17)6-5-15(18)19/h3-4,11H,5-10H2,1-2H3,(H,18,19). The highest BCUT2D eigenvalue weighted by Gasteiger charge is 2.28. The molecule has 0 amide bonds. The fourth-order valence-electron chi connectivity index (χ4n) is 2.47. The molecule has 0 atom stereocenters. The summed E-state index contributed by atoms with van der Waals surface area (Å²) in [5, 5.41) is 8.69. The maximum absolute atomic E-state index is 12.6. The molecule has 2 rings (SSSR count). The van der Waals surface area contributed by atoms with Crippen molar-refractivity contribution in [2.75, 3.05) is 32.7 Å². The van der Waals surface area contributed by atoms with Crippen LogP contribution >= 0.6 is 0 Å². The van der Waals surface area contributed by atoms with Crippen molar-refractivity contribution in [3.05, 3.63) is 29.3 Å². The van der Waals surface area contributed by atoms with E-state index in [1.165, 1.54) is 4.31 Å². The van der Waals surface area contributed by atoms with Gasteiger partial charge in [0.15, 0.2) is 0 Å². The van der Waals surface area contributed by atoms with Gasteiger partial charge in [-0.05, 0) is 37.1 Å². The van der Waals surface area contributed by atoms with E-state index in [4.69, 9.17) is 5.11 Å². The fourth-order valence-corrected chi connectivity index (χ4v) is 3.98. The zero-order valence-electron chi connectivity index (χ0n) is 12.9. The smallest absolute Gasteiger partial charge is 0.304 e. The summed E-state index contributed by atoms with van der Waals surface area (Å²) in [5.41, 5.74) is 2.03. The molecule has 22 heavy (non-hydrogen) atoms. The minimum Gasteiger partial charge on any atom is -0.481 e. The Morgan fingerprint density at radius 1 is 1.14 bits per heavy atom. The molecular weight excluding hydrogens is 304 g/mol. The lowest BCUT2D eigenvalue weighted by molar-refractivity contribution is -0.137. The van der Waals surface area contributed by atoms with Crippen LogP contribution in [-0.4, -0.2) is 61.4 Å². The van der Waals surface area contributed by atoms with Crippen molar-refractivity contribution >= 4 is 16.0 Å². The minimum absolute atomic E-state index is 0.0872. The van der Waals surface area contributed by atoms with Crippen LogP contribution in [0.15, 0.2) is 23.1 Å². The summed E-state index contributed by atoms with van der Waals surface area (Å²) in [7, 11) is -3.47. The molecule has 1 fully saturated rings. The summed E-state index contributed by atoms with van der Waals surface area (Å²) in [5.74, 6) is -0.829. The second-order valence-electron chi connectivity index (χ2n) is 5.64. The monoisotopic (exact) mass is 326 g/mol. The number of piperazine rings is 1. The van der Waals surface area contributed by atoms with E-state index in [0.29, 0.717) is 37.6 Å². The van der Waals surface area contributed by atoms with E-state index in [9.17, 15) is 13.2 Å². The molecule has 0 unspecified atom stereocenters. The highest BCUT2D eigenvalue weighted by atomic mass is 32.2. The van der Waals surface area contributed by atoms with Gasteiger partial charge >= 0.3 is 5.97 Å². The van der Waals surface area contributed by atoms with Crippen molar-refractivity contribution in [2.45, 2.75) is 25.2 Å². The number of sulfonamides is 1. The Hall–Kier alpha value is -1.44. The lowest BCUT2D eigenvalue weighted by atomic mass is 10.1. The normalized spacial score (nSPS) is 17.5. The Morgan fingerprint density at radius 2 is 1.77 bits per heavy atom. The molecule has 0 radical (unpaired) electrons. The quantitative estimate of drug-likeness (QED) is 0.876. The molecule has 0 bridgehead atoms. The van der Waals surface area contributed by atoms with Crippen molar-refractivity contribution in [3.63, 3.8) is 0 Å². The van der Waals surface area contributed by atoms with Crippen molar-refractivity contribution in [1.29, 1.82) is 0 Å². The van der Waals surface area contributed by atoms with Crippen LogP contribution in [0.25, 0.3) is 0 Å². The van der Waals surface area contributed by atoms with Crippen LogP contribution in [-0.2, 0) is 14.8 Å². The zero-order chi connectivity index (χ0) is 16.3. The predicted molar refractivity (Wildman–Crippen MR) is 83.4 cm³/mol. The average Bonchev–Trinajstić information content (AvgIpc) is 2.48. The minimum atomic E-state index is -3.47. The number of carboxylic acid groups (broad SMARTS) is 1. The van der Waals surface area contributed by atoms with Crippen molar-refractivity contribution < 1.29 is 18.3 Å². The van der Waals surface area contributed by atoms with Gasteiger partial charge in [-0.3, -0.25) is 4.79 Å². The van der Waals surface area contributed by atoms with Crippen LogP contribution in [0.3, 0.4) is 0 Å². The molecule has 6 nitrogen and oxygen atoms in total. The van der Waals surface area contributed by atoms with Crippen molar-refractivity contribution in [2.24, 2.45) is 0 Å². The Balaban J connectivity index is 2.03. The van der Waals surface area contributed by atoms with E-state index in [1.54, 1.807) is 12.1 Å². The number of aryl methyl sites for hydroxylation is 2. The summed E-state index contributed by atoms with van der Waals surface area (Å²) in [4.78, 5) is 12.9. The largest absolute Gasteiger partial charge is 0.481 e. The predicted octanol–water partition coefficient (Wildman–Crippen LogP) is 1.08. The number of carboxylic acids is 1. The maximum atomic E-state index is 12.6. The van der Waals surface area contributed by atoms with Crippen LogP contribution < -0.4 is 0 Å². The second kappa shape index (κ2) is 6.76. The third-order valence-corrected chi connectivity index (χ3v) is 5.98. The highest BCUT2D eigenvalue weighted by Crippen LogP contribution is 2.20. The van der Waals surface area contributed by atoms with Gasteiger partial charge in [0, 0.05) is 32.7 Å². The molecular formula is C15H22N2O4S. The lowest BCUT2D eigenvalue weighted by Gasteiger charge is -2.33. The number of carbonyl (C=O) groups is 1. The van der Waals surface area contributed by atoms with Gasteiger partial charge in [-0.25, -0.2) is 8.42 Å². The van der Waals surface area contributed by atoms with Gasteiger partial charge < -0.3 is 10.0 Å². The molecule has 1 aliphatic heterocycles. The summed E-state index contributed by atoms with van der Waals surface area (Å²) in [6.45, 7) is 6.25. The average molecular weight is 326 g/mol. The van der Waals surface area contributed by atoms with E-state index in [-0.39, 0.29) is 6.42 Å². The van der Waals surface area contributed by atoms with Gasteiger partial charge in [0.1, 0.15) is 0 Å². The summed E-state index contributed by atoms with van der Waals surface area (Å²) in [6, 6.07) is 5.18. The molecule has 7 heteroatoms. The molecule has 1 N–H and O–H groups in total. The maximum Gasteiger partial charge on any atom is 0.304 e. The molecule has 0 saturated carbocycles. The van der Waals surface area contributed by atoms with Gasteiger partial charge in [0.2, 0.25) is 10.0 Å². The Labute approximate surface area is 131 Å². The molecule has 1 heterocycles. The molecule has 0 spiro atoms. The fraction of sp³-hybridized carbons (Fsp3) is 0.533. The third-order valence-electron chi connectivity index (χ3n) is 4.09. The number of hydrogen-bond acceptors (Lipinski definition) is 4. The van der Waals surface area contributed by atoms with E-state index < -0.39 is 16.0 Å². The summed E-state index contributed by atoms with van der Waals surface area (Å²) >= 11 is 0. The Kier molecular flexibility index (Phi) is 5.20. The molecule has 1 saturated heterocycles. The van der Waals surface area contributed by atoms with E-state index in [1.807, 2.05) is 24.8 Å². The van der Waals surface area contributed by atoms with Crippen LogP contribution in [0.5, 0.6) is 0 Å². The molecule has 1 aromatic rings. The first-order valence-electron chi connectivity index (χ1n) is 7.32. The van der Waals surface area contributed by atoms with Gasteiger partial charge in [-0.2, -0.15) is 4.31 Å². The Morgan fingerprint density at radius 3 is 2.32 bits per heavy atom. The first kappa shape index (κ1) is 16.9. The first-order chi connectivity index (χ1) is 10.3. The van der Waals surface area contributed by atoms with E-state index >= 15 is 0 Å². The molecule has 1 aromatic carbocycles. The molecule has 0 aromatic heterocycles. The molecule has 122 valence electrons. The topological polar surface area (TPSA) is 77.9 Å². The molecule has 1 aliphatic rings. The zero-order valence-corrected chi connectivity index (χ0v) is 13.8. The van der Waals surface area contributed by atoms with Gasteiger partial charge in [-0.1, -0.05) is 6.07 Å². The van der Waals surface area contributed by atoms with Crippen LogP contribution in [0, 0.1) is 13.8 Å². The SMILES string of the molecule is Cc1ccc(S(=O)(=O)N2CCN(CCC(=O)O)CC2)cc1C. The number of benzene rings is 1. The summed E-state index contributed by atoms with van der Waals surface area (Å²) < 4.78 is 26.8. The number of aliphatic carboxylic acids is 1. The van der Waals surface area contributed by atoms with E-state index in [0.717, 1.165) is 11.1 Å². The van der Waals surface area contributed by atoms with E-state index in [2.05, 4.69) is 0 Å². The van der Waals surface area contributed by atoms with Gasteiger partial charge in [-0.15, -0.1) is 0 Å². The summed E-state index contributed by atoms with van der Waals surface area (Å²) in [6.07, 6.45) is 0.0872. The number of hydrogen-bond donors (Lipinski definition) is 1. The number of rotatable bonds is 5. The van der Waals surface area contributed by atoms with Crippen LogP contribution in [0.1, 0.15) is 17.5 Å². The Bertz CT molecular complexity index is 650. The van der Waals surface area contributed by atoms with Gasteiger partial charge in [0.05, 0.1) is 11.3 Å². The van der Waals surface area contributed by atoms with Crippen LogP contribution in [0.2, 0.25) is 0 Å². The van der Waals surface area contributed by atoms with Crippen LogP contribution in [0.4, 0.5) is 0 Å². The number of nitrogens with zero attached hydrogens (tertiary/aromatic N) is 2. The van der Waals surface area contributed by atoms with Gasteiger partial charge in [0.25, 0.3) is 0 Å². The lowest BCUT2D eigenvalue weighted by Crippen LogP contribution is -2.48. The van der Waals surface area contributed by atoms with Crippen molar-refractivity contribution in [3.8, 4) is 0 Å². The van der Waals surface area contributed by atoms with Crippen molar-refractivity contribution in [1.82, 2.24) is 9.21 Å². The first-order valence-corrected chi connectivity index (χ1v) is 8.76. The highest BCUT2D eigenvalue weighted by molar-refractivity contribution is 7.89. The second-order valence-corrected chi connectivity index (χ2v) is 7.57. The molecule has 0 aliphatic carbocycles.